The highest BCUT2D eigenvalue weighted by atomic mass is 16.1. The fraction of sp³-hybridized carbons (Fsp3) is 0.857. The van der Waals surface area contributed by atoms with E-state index in [4.69, 9.17) is 0 Å². The van der Waals surface area contributed by atoms with Crippen molar-refractivity contribution < 1.29 is 9.59 Å². The number of Topliss-reactive ketones (excluding diaryl/α,β-unsaturated/α-hetero) is 2. The first-order valence-electron chi connectivity index (χ1n) is 6.54. The average Bonchev–Trinajstić information content (AvgIpc) is 2.75. The quantitative estimate of drug-likeness (QED) is 0.716. The summed E-state index contributed by atoms with van der Waals surface area (Å²) in [5.41, 5.74) is 0. The number of carbonyl (C=O) groups excluding carboxylic acids is 2. The Hall–Kier alpha value is -0.660. The van der Waals surface area contributed by atoms with Gasteiger partial charge in [-0.1, -0.05) is 13.8 Å². The molecule has 0 saturated heterocycles. The van der Waals surface area contributed by atoms with Gasteiger partial charge >= 0.3 is 0 Å². The van der Waals surface area contributed by atoms with E-state index in [0.29, 0.717) is 41.8 Å². The van der Waals surface area contributed by atoms with E-state index >= 15 is 0 Å². The van der Waals surface area contributed by atoms with E-state index in [1.165, 1.54) is 0 Å². The Morgan fingerprint density at radius 2 is 2.12 bits per heavy atom. The summed E-state index contributed by atoms with van der Waals surface area (Å²) in [5, 5.41) is 0. The minimum atomic E-state index is 0.280. The predicted molar refractivity (Wildman–Crippen MR) is 63.0 cm³/mol. The molecule has 0 heterocycles. The van der Waals surface area contributed by atoms with Gasteiger partial charge in [0.25, 0.3) is 0 Å². The van der Waals surface area contributed by atoms with Crippen LogP contribution in [0.2, 0.25) is 0 Å². The number of ketones is 2. The standard InChI is InChI=1S/C14H22O2/c1-8(2)10(5-4-9(3)15)13-11-6-7-12(16)14(11)13/h8,10-11,13-14H,4-7H2,1-3H3/t10?,11-,13?,14+/m0/s1. The van der Waals surface area contributed by atoms with Crippen LogP contribution in [-0.2, 0) is 9.59 Å². The number of hydrogen-bond acceptors (Lipinski definition) is 2. The molecule has 2 aliphatic carbocycles. The molecule has 0 aromatic rings. The Morgan fingerprint density at radius 1 is 1.44 bits per heavy atom. The van der Waals surface area contributed by atoms with Crippen LogP contribution in [0.25, 0.3) is 0 Å². The molecule has 0 aliphatic heterocycles. The van der Waals surface area contributed by atoms with Crippen molar-refractivity contribution in [1.29, 1.82) is 0 Å². The molecule has 2 aliphatic rings. The molecule has 0 spiro atoms. The van der Waals surface area contributed by atoms with Crippen LogP contribution < -0.4 is 0 Å². The number of carbonyl (C=O) groups is 2. The van der Waals surface area contributed by atoms with Crippen molar-refractivity contribution in [3.05, 3.63) is 0 Å². The largest absolute Gasteiger partial charge is 0.300 e. The van der Waals surface area contributed by atoms with Gasteiger partial charge in [-0.05, 0) is 43.4 Å². The van der Waals surface area contributed by atoms with Gasteiger partial charge in [0.05, 0.1) is 0 Å². The molecule has 2 fully saturated rings. The van der Waals surface area contributed by atoms with Gasteiger partial charge in [-0.25, -0.2) is 0 Å². The Balaban J connectivity index is 1.94. The molecule has 0 bridgehead atoms. The number of hydrogen-bond donors (Lipinski definition) is 0. The molecule has 0 amide bonds. The lowest BCUT2D eigenvalue weighted by molar-refractivity contribution is -0.119. The molecule has 0 aromatic heterocycles. The van der Waals surface area contributed by atoms with Gasteiger partial charge in [0.2, 0.25) is 0 Å². The topological polar surface area (TPSA) is 34.1 Å². The van der Waals surface area contributed by atoms with E-state index in [0.717, 1.165) is 19.3 Å². The first kappa shape index (κ1) is 11.8. The molecule has 2 unspecified atom stereocenters. The minimum absolute atomic E-state index is 0.280. The summed E-state index contributed by atoms with van der Waals surface area (Å²) in [6.07, 6.45) is 3.59. The SMILES string of the molecule is CC(=O)CCC(C(C)C)C1[C@H]2C(=O)CC[C@@H]12. The summed E-state index contributed by atoms with van der Waals surface area (Å²) in [7, 11) is 0. The second kappa shape index (κ2) is 4.31. The van der Waals surface area contributed by atoms with Gasteiger partial charge in [0.1, 0.15) is 11.6 Å². The average molecular weight is 222 g/mol. The zero-order valence-electron chi connectivity index (χ0n) is 10.5. The molecule has 90 valence electrons. The highest BCUT2D eigenvalue weighted by molar-refractivity contribution is 5.87. The first-order valence-corrected chi connectivity index (χ1v) is 6.54. The van der Waals surface area contributed by atoms with Crippen LogP contribution in [0.3, 0.4) is 0 Å². The maximum absolute atomic E-state index is 11.6. The fourth-order valence-corrected chi connectivity index (χ4v) is 3.63. The summed E-state index contributed by atoms with van der Waals surface area (Å²) in [6.45, 7) is 6.11. The van der Waals surface area contributed by atoms with E-state index in [-0.39, 0.29) is 5.78 Å². The third-order valence-electron chi connectivity index (χ3n) is 4.51. The summed E-state index contributed by atoms with van der Waals surface area (Å²) in [6, 6.07) is 0. The van der Waals surface area contributed by atoms with Crippen molar-refractivity contribution in [1.82, 2.24) is 0 Å². The Kier molecular flexibility index (Phi) is 3.18. The van der Waals surface area contributed by atoms with Gasteiger partial charge < -0.3 is 4.79 Å². The van der Waals surface area contributed by atoms with Crippen LogP contribution in [0.4, 0.5) is 0 Å². The monoisotopic (exact) mass is 222 g/mol. The van der Waals surface area contributed by atoms with Crippen molar-refractivity contribution in [3.63, 3.8) is 0 Å². The van der Waals surface area contributed by atoms with E-state index in [1.807, 2.05) is 0 Å². The van der Waals surface area contributed by atoms with E-state index < -0.39 is 0 Å². The molecule has 0 N–H and O–H groups in total. The molecule has 2 heteroatoms. The van der Waals surface area contributed by atoms with Crippen molar-refractivity contribution >= 4 is 11.6 Å². The lowest BCUT2D eigenvalue weighted by Gasteiger charge is -2.22. The number of rotatable bonds is 5. The van der Waals surface area contributed by atoms with Gasteiger partial charge in [-0.3, -0.25) is 4.79 Å². The normalized spacial score (nSPS) is 34.0. The smallest absolute Gasteiger partial charge is 0.136 e. The van der Waals surface area contributed by atoms with Crippen molar-refractivity contribution in [2.24, 2.45) is 29.6 Å². The molecule has 2 rings (SSSR count). The summed E-state index contributed by atoms with van der Waals surface area (Å²) in [5.74, 6) is 3.61. The molecule has 0 radical (unpaired) electrons. The zero-order chi connectivity index (χ0) is 11.9. The van der Waals surface area contributed by atoms with Crippen molar-refractivity contribution in [2.75, 3.05) is 0 Å². The minimum Gasteiger partial charge on any atom is -0.300 e. The maximum atomic E-state index is 11.6. The molecule has 2 saturated carbocycles. The van der Waals surface area contributed by atoms with Crippen molar-refractivity contribution in [2.45, 2.75) is 46.5 Å². The Labute approximate surface area is 97.8 Å². The maximum Gasteiger partial charge on any atom is 0.136 e. The Bertz CT molecular complexity index is 306. The molecule has 2 nitrogen and oxygen atoms in total. The second-order valence-electron chi connectivity index (χ2n) is 5.92. The van der Waals surface area contributed by atoms with Gasteiger partial charge in [-0.15, -0.1) is 0 Å². The van der Waals surface area contributed by atoms with Crippen LogP contribution in [0.1, 0.15) is 46.5 Å². The highest BCUT2D eigenvalue weighted by Crippen LogP contribution is 2.60. The molecule has 0 aromatic carbocycles. The Morgan fingerprint density at radius 3 is 2.56 bits per heavy atom. The van der Waals surface area contributed by atoms with Crippen LogP contribution in [-0.4, -0.2) is 11.6 Å². The van der Waals surface area contributed by atoms with Gasteiger partial charge in [0.15, 0.2) is 0 Å². The second-order valence-corrected chi connectivity index (χ2v) is 5.92. The predicted octanol–water partition coefficient (Wildman–Crippen LogP) is 2.85. The summed E-state index contributed by atoms with van der Waals surface area (Å²) in [4.78, 5) is 22.7. The van der Waals surface area contributed by atoms with Gasteiger partial charge in [0, 0.05) is 18.8 Å². The van der Waals surface area contributed by atoms with E-state index in [9.17, 15) is 9.59 Å². The number of fused-ring (bicyclic) bond motifs is 1. The highest BCUT2D eigenvalue weighted by Gasteiger charge is 2.60. The van der Waals surface area contributed by atoms with Crippen LogP contribution in [0, 0.1) is 29.6 Å². The fourth-order valence-electron chi connectivity index (χ4n) is 3.63. The molecular formula is C14H22O2. The lowest BCUT2D eigenvalue weighted by Crippen LogP contribution is -2.17. The van der Waals surface area contributed by atoms with Crippen LogP contribution in [0.15, 0.2) is 0 Å². The summed E-state index contributed by atoms with van der Waals surface area (Å²) < 4.78 is 0. The lowest BCUT2D eigenvalue weighted by atomic mass is 9.83. The van der Waals surface area contributed by atoms with Crippen LogP contribution >= 0.6 is 0 Å². The van der Waals surface area contributed by atoms with Gasteiger partial charge in [-0.2, -0.15) is 0 Å². The first-order chi connectivity index (χ1) is 7.52. The third kappa shape index (κ3) is 2.07. The summed E-state index contributed by atoms with van der Waals surface area (Å²) >= 11 is 0. The molecule has 16 heavy (non-hydrogen) atoms. The van der Waals surface area contributed by atoms with Crippen molar-refractivity contribution in [3.8, 4) is 0 Å². The molecule has 4 atom stereocenters. The third-order valence-corrected chi connectivity index (χ3v) is 4.51. The van der Waals surface area contributed by atoms with E-state index in [1.54, 1.807) is 6.92 Å². The molecular weight excluding hydrogens is 200 g/mol. The zero-order valence-corrected chi connectivity index (χ0v) is 10.5. The van der Waals surface area contributed by atoms with E-state index in [2.05, 4.69) is 13.8 Å². The van der Waals surface area contributed by atoms with Crippen LogP contribution in [0.5, 0.6) is 0 Å².